The average molecular weight is 178 g/mol. The maximum Gasteiger partial charge on any atom is 0.331 e. The highest BCUT2D eigenvalue weighted by Crippen LogP contribution is 2.09. The molecule has 0 saturated heterocycles. The molecule has 0 amide bonds. The van der Waals surface area contributed by atoms with Gasteiger partial charge in [0.1, 0.15) is 0 Å². The van der Waals surface area contributed by atoms with Crippen LogP contribution in [0.4, 0.5) is 0 Å². The zero-order valence-electron chi connectivity index (χ0n) is 7.44. The molecular weight excluding hydrogens is 160 g/mol. The first-order valence-corrected chi connectivity index (χ1v) is 7.90. The molecule has 0 heterocycles. The Labute approximate surface area is 67.6 Å². The van der Waals surface area contributed by atoms with Gasteiger partial charge in [-0.05, 0) is 26.1 Å². The van der Waals surface area contributed by atoms with Gasteiger partial charge in [0.05, 0.1) is 0 Å². The van der Waals surface area contributed by atoms with E-state index < -0.39 is 8.56 Å². The fourth-order valence-corrected chi connectivity index (χ4v) is 3.79. The van der Waals surface area contributed by atoms with Crippen molar-refractivity contribution in [3.8, 4) is 0 Å². The largest absolute Gasteiger partial charge is 0.395 e. The molecule has 0 aromatic heterocycles. The van der Waals surface area contributed by atoms with Crippen LogP contribution in [0.1, 0.15) is 13.8 Å². The van der Waals surface area contributed by atoms with Gasteiger partial charge in [-0.2, -0.15) is 0 Å². The van der Waals surface area contributed by atoms with E-state index in [-0.39, 0.29) is 0 Å². The summed E-state index contributed by atoms with van der Waals surface area (Å²) in [7, 11) is -0.475. The van der Waals surface area contributed by atoms with Crippen molar-refractivity contribution in [1.82, 2.24) is 0 Å². The highest BCUT2D eigenvalue weighted by molar-refractivity contribution is 6.71. The van der Waals surface area contributed by atoms with Gasteiger partial charge in [0, 0.05) is 23.5 Å². The molecule has 0 aliphatic rings. The van der Waals surface area contributed by atoms with Gasteiger partial charge in [-0.25, -0.2) is 0 Å². The molecule has 4 heteroatoms. The Kier molecular flexibility index (Phi) is 5.24. The van der Waals surface area contributed by atoms with E-state index in [1.807, 2.05) is 13.8 Å². The minimum Gasteiger partial charge on any atom is -0.395 e. The van der Waals surface area contributed by atoms with Crippen LogP contribution in [-0.2, 0) is 8.85 Å². The fourth-order valence-electron chi connectivity index (χ4n) is 0.856. The maximum absolute atomic E-state index is 5.57. The van der Waals surface area contributed by atoms with Crippen molar-refractivity contribution in [1.29, 1.82) is 0 Å². The number of hydrogen-bond acceptors (Lipinski definition) is 2. The van der Waals surface area contributed by atoms with E-state index in [9.17, 15) is 0 Å². The smallest absolute Gasteiger partial charge is 0.331 e. The van der Waals surface area contributed by atoms with E-state index in [1.54, 1.807) is 0 Å². The van der Waals surface area contributed by atoms with Gasteiger partial charge in [-0.15, -0.1) is 0 Å². The van der Waals surface area contributed by atoms with Crippen LogP contribution in [0.15, 0.2) is 0 Å². The molecule has 0 atom stereocenters. The summed E-state index contributed by atoms with van der Waals surface area (Å²) in [6.45, 7) is 7.80. The lowest BCUT2D eigenvalue weighted by Gasteiger charge is -2.23. The zero-order chi connectivity index (χ0) is 8.04. The highest BCUT2D eigenvalue weighted by Gasteiger charge is 2.27. The van der Waals surface area contributed by atoms with E-state index in [0.717, 1.165) is 13.2 Å². The van der Waals surface area contributed by atoms with Crippen molar-refractivity contribution in [3.05, 3.63) is 0 Å². The van der Waals surface area contributed by atoms with Crippen LogP contribution in [0.3, 0.4) is 0 Å². The first-order valence-electron chi connectivity index (χ1n) is 3.96. The fraction of sp³-hybridized carbons (Fsp3) is 1.00. The van der Waals surface area contributed by atoms with Gasteiger partial charge in [0.15, 0.2) is 0 Å². The van der Waals surface area contributed by atoms with E-state index >= 15 is 0 Å². The molecule has 62 valence electrons. The van der Waals surface area contributed by atoms with Crippen LogP contribution in [0, 0.1) is 0 Å². The van der Waals surface area contributed by atoms with Gasteiger partial charge in [0.2, 0.25) is 0 Å². The molecule has 0 saturated carbocycles. The normalized spacial score (nSPS) is 12.3. The predicted octanol–water partition coefficient (Wildman–Crippen LogP) is 0.454. The van der Waals surface area contributed by atoms with Crippen molar-refractivity contribution in [3.63, 3.8) is 0 Å². The quantitative estimate of drug-likeness (QED) is 0.569. The molecule has 0 aromatic carbocycles. The zero-order valence-corrected chi connectivity index (χ0v) is 10.4. The van der Waals surface area contributed by atoms with Gasteiger partial charge in [-0.1, -0.05) is 0 Å². The summed E-state index contributed by atoms with van der Waals surface area (Å²) in [5.41, 5.74) is 1.18. The van der Waals surface area contributed by atoms with Gasteiger partial charge in [0.25, 0.3) is 0 Å². The van der Waals surface area contributed by atoms with E-state index in [1.165, 1.54) is 15.9 Å². The highest BCUT2D eigenvalue weighted by atomic mass is 28.4. The second-order valence-electron chi connectivity index (χ2n) is 2.35. The van der Waals surface area contributed by atoms with Crippen LogP contribution < -0.4 is 0 Å². The first-order chi connectivity index (χ1) is 4.68. The van der Waals surface area contributed by atoms with Crippen molar-refractivity contribution >= 4 is 18.8 Å². The molecule has 0 radical (unpaired) electrons. The van der Waals surface area contributed by atoms with E-state index in [4.69, 9.17) is 8.85 Å². The number of rotatable bonds is 5. The van der Waals surface area contributed by atoms with Crippen molar-refractivity contribution in [2.75, 3.05) is 13.2 Å². The first kappa shape index (κ1) is 10.4. The summed E-state index contributed by atoms with van der Waals surface area (Å²) < 4.78 is 11.1. The Morgan fingerprint density at radius 3 is 1.80 bits per heavy atom. The van der Waals surface area contributed by atoms with Crippen molar-refractivity contribution < 1.29 is 8.85 Å². The molecule has 0 aromatic rings. The minimum atomic E-state index is -1.66. The van der Waals surface area contributed by atoms with Crippen molar-refractivity contribution in [2.45, 2.75) is 26.1 Å². The van der Waals surface area contributed by atoms with Gasteiger partial charge >= 0.3 is 8.56 Å². The number of hydrogen-bond donors (Lipinski definition) is 0. The third kappa shape index (κ3) is 3.50. The Balaban J connectivity index is 3.69. The second kappa shape index (κ2) is 5.06. The average Bonchev–Trinajstić information content (AvgIpc) is 1.89. The van der Waals surface area contributed by atoms with Crippen LogP contribution in [0.5, 0.6) is 0 Å². The summed E-state index contributed by atoms with van der Waals surface area (Å²) in [6.07, 6.45) is 0. The topological polar surface area (TPSA) is 18.5 Å². The summed E-state index contributed by atoms with van der Waals surface area (Å²) >= 11 is 0. The predicted molar refractivity (Wildman–Crippen MR) is 49.6 cm³/mol. The Morgan fingerprint density at radius 1 is 1.20 bits per heavy atom. The molecule has 0 N–H and O–H groups in total. The molecule has 2 nitrogen and oxygen atoms in total. The van der Waals surface area contributed by atoms with Crippen molar-refractivity contribution in [2.24, 2.45) is 0 Å². The standard InChI is InChI=1S/C6H18O2Si2/c1-4-7-10(3,6-9)8-5-2/h4-6H2,1-3,9H3. The maximum atomic E-state index is 5.57. The molecule has 0 fully saturated rings. The Hall–Kier alpha value is 0.354. The van der Waals surface area contributed by atoms with Crippen LogP contribution in [0.2, 0.25) is 12.2 Å². The minimum absolute atomic E-state index is 0.797. The molecule has 0 unspecified atom stereocenters. The summed E-state index contributed by atoms with van der Waals surface area (Å²) in [5.74, 6) is 0. The van der Waals surface area contributed by atoms with Crippen LogP contribution in [0.25, 0.3) is 0 Å². The molecule has 10 heavy (non-hydrogen) atoms. The van der Waals surface area contributed by atoms with Crippen LogP contribution >= 0.6 is 0 Å². The summed E-state index contributed by atoms with van der Waals surface area (Å²) in [6, 6.07) is 0. The summed E-state index contributed by atoms with van der Waals surface area (Å²) in [4.78, 5) is 0. The molecule has 0 bridgehead atoms. The van der Waals surface area contributed by atoms with Gasteiger partial charge in [-0.3, -0.25) is 0 Å². The Bertz CT molecular complexity index is 81.8. The molecule has 0 spiro atoms. The molecular formula is C6H18O2Si2. The third-order valence-corrected chi connectivity index (χ3v) is 8.48. The molecule has 0 aliphatic carbocycles. The summed E-state index contributed by atoms with van der Waals surface area (Å²) in [5, 5.41) is 0. The second-order valence-corrected chi connectivity index (χ2v) is 8.03. The van der Waals surface area contributed by atoms with E-state index in [0.29, 0.717) is 0 Å². The lowest BCUT2D eigenvalue weighted by Crippen LogP contribution is -2.38. The lowest BCUT2D eigenvalue weighted by molar-refractivity contribution is 0.194. The SMILES string of the molecule is CCO[Si](C)(C[SiH3])OCC. The lowest BCUT2D eigenvalue weighted by atomic mass is 10.9. The van der Waals surface area contributed by atoms with E-state index in [2.05, 4.69) is 6.55 Å². The third-order valence-electron chi connectivity index (χ3n) is 1.54. The monoisotopic (exact) mass is 178 g/mol. The van der Waals surface area contributed by atoms with Gasteiger partial charge < -0.3 is 8.85 Å². The Morgan fingerprint density at radius 2 is 1.60 bits per heavy atom. The molecule has 0 rings (SSSR count). The van der Waals surface area contributed by atoms with Crippen LogP contribution in [-0.4, -0.2) is 32.0 Å². The molecule has 0 aliphatic heterocycles.